The molecule has 0 saturated carbocycles. The summed E-state index contributed by atoms with van der Waals surface area (Å²) in [6, 6.07) is 0.494. The molecule has 2 heteroatoms. The molecule has 13 heavy (non-hydrogen) atoms. The van der Waals surface area contributed by atoms with E-state index in [9.17, 15) is 5.11 Å². The first-order valence-corrected chi connectivity index (χ1v) is 5.17. The van der Waals surface area contributed by atoms with Gasteiger partial charge in [0.2, 0.25) is 0 Å². The van der Waals surface area contributed by atoms with Gasteiger partial charge in [0.05, 0.1) is 6.10 Å². The minimum atomic E-state index is -0.185. The third kappa shape index (κ3) is 4.63. The van der Waals surface area contributed by atoms with Gasteiger partial charge >= 0.3 is 0 Å². The Labute approximate surface area is 82.9 Å². The minimum absolute atomic E-state index is 0.185. The van der Waals surface area contributed by atoms with Gasteiger partial charge in [-0.05, 0) is 25.8 Å². The van der Waals surface area contributed by atoms with E-state index in [0.29, 0.717) is 6.04 Å². The molecule has 2 unspecified atom stereocenters. The number of nitrogens with zero attached hydrogens (tertiary/aromatic N) is 1. The average Bonchev–Trinajstić information content (AvgIpc) is 2.01. The summed E-state index contributed by atoms with van der Waals surface area (Å²) in [7, 11) is 2.08. The summed E-state index contributed by atoms with van der Waals surface area (Å²) in [4.78, 5) is 2.23. The van der Waals surface area contributed by atoms with E-state index >= 15 is 0 Å². The van der Waals surface area contributed by atoms with Crippen molar-refractivity contribution in [3.8, 4) is 0 Å². The Bertz CT molecular complexity index is 140. The van der Waals surface area contributed by atoms with Crippen molar-refractivity contribution in [3.63, 3.8) is 0 Å². The highest BCUT2D eigenvalue weighted by Gasteiger charge is 2.24. The molecule has 0 aromatic rings. The summed E-state index contributed by atoms with van der Waals surface area (Å²) in [5.41, 5.74) is 0.280. The number of aliphatic hydroxyl groups excluding tert-OH is 1. The van der Waals surface area contributed by atoms with Gasteiger partial charge in [0, 0.05) is 12.6 Å². The van der Waals surface area contributed by atoms with Gasteiger partial charge in [0.25, 0.3) is 0 Å². The molecule has 0 aromatic heterocycles. The summed E-state index contributed by atoms with van der Waals surface area (Å²) >= 11 is 0. The Morgan fingerprint density at radius 3 is 2.08 bits per heavy atom. The Morgan fingerprint density at radius 1 is 1.31 bits per heavy atom. The maximum absolute atomic E-state index is 9.50. The highest BCUT2D eigenvalue weighted by molar-refractivity contribution is 4.78. The second-order valence-electron chi connectivity index (χ2n) is 5.04. The van der Waals surface area contributed by atoms with Crippen molar-refractivity contribution in [3.05, 3.63) is 0 Å². The lowest BCUT2D eigenvalue weighted by atomic mass is 9.87. The lowest BCUT2D eigenvalue weighted by Crippen LogP contribution is -2.42. The second kappa shape index (κ2) is 4.97. The molecule has 0 bridgehead atoms. The van der Waals surface area contributed by atoms with Crippen LogP contribution in [0.3, 0.4) is 0 Å². The average molecular weight is 187 g/mol. The first-order chi connectivity index (χ1) is 5.79. The van der Waals surface area contributed by atoms with Crippen LogP contribution in [0.2, 0.25) is 0 Å². The summed E-state index contributed by atoms with van der Waals surface area (Å²) in [6.07, 6.45) is 0.649. The molecule has 0 aliphatic rings. The Morgan fingerprint density at radius 2 is 1.77 bits per heavy atom. The van der Waals surface area contributed by atoms with E-state index in [0.717, 1.165) is 13.0 Å². The van der Waals surface area contributed by atoms with E-state index in [2.05, 4.69) is 39.6 Å². The van der Waals surface area contributed by atoms with Crippen molar-refractivity contribution in [1.82, 2.24) is 4.90 Å². The molecule has 2 nitrogen and oxygen atoms in total. The van der Waals surface area contributed by atoms with Crippen LogP contribution in [0.1, 0.15) is 41.0 Å². The monoisotopic (exact) mass is 187 g/mol. The van der Waals surface area contributed by atoms with Crippen LogP contribution in [-0.2, 0) is 0 Å². The van der Waals surface area contributed by atoms with E-state index in [-0.39, 0.29) is 11.5 Å². The standard InChI is InChI=1S/C11H25NO/c1-7-10(13)8-12(6)9(2)11(3,4)5/h9-10,13H,7-8H2,1-6H3. The molecule has 0 saturated heterocycles. The summed E-state index contributed by atoms with van der Waals surface area (Å²) in [5, 5.41) is 9.50. The van der Waals surface area contributed by atoms with Gasteiger partial charge in [-0.15, -0.1) is 0 Å². The van der Waals surface area contributed by atoms with Crippen LogP contribution in [0.5, 0.6) is 0 Å². The van der Waals surface area contributed by atoms with Gasteiger partial charge in [-0.25, -0.2) is 0 Å². The lowest BCUT2D eigenvalue weighted by molar-refractivity contribution is 0.0699. The van der Waals surface area contributed by atoms with Gasteiger partial charge in [0.1, 0.15) is 0 Å². The Balaban J connectivity index is 4.03. The van der Waals surface area contributed by atoms with Crippen molar-refractivity contribution >= 4 is 0 Å². The first kappa shape index (κ1) is 12.9. The van der Waals surface area contributed by atoms with Crippen LogP contribution in [-0.4, -0.2) is 35.7 Å². The molecule has 0 aliphatic heterocycles. The van der Waals surface area contributed by atoms with Crippen molar-refractivity contribution in [2.24, 2.45) is 5.41 Å². The third-order valence-corrected chi connectivity index (χ3v) is 2.88. The molecule has 0 fully saturated rings. The Kier molecular flexibility index (Phi) is 4.93. The fraction of sp³-hybridized carbons (Fsp3) is 1.00. The van der Waals surface area contributed by atoms with Crippen molar-refractivity contribution in [2.45, 2.75) is 53.2 Å². The van der Waals surface area contributed by atoms with E-state index in [1.807, 2.05) is 6.92 Å². The molecular weight excluding hydrogens is 162 g/mol. The number of hydrogen-bond acceptors (Lipinski definition) is 2. The molecule has 0 aromatic carbocycles. The molecule has 80 valence electrons. The summed E-state index contributed by atoms with van der Waals surface area (Å²) in [5.74, 6) is 0. The predicted molar refractivity (Wildman–Crippen MR) is 57.8 cm³/mol. The van der Waals surface area contributed by atoms with Crippen LogP contribution >= 0.6 is 0 Å². The van der Waals surface area contributed by atoms with Crippen molar-refractivity contribution < 1.29 is 5.11 Å². The zero-order valence-corrected chi connectivity index (χ0v) is 9.96. The fourth-order valence-electron chi connectivity index (χ4n) is 1.28. The number of likely N-dealkylation sites (N-methyl/N-ethyl adjacent to an activating group) is 1. The Hall–Kier alpha value is -0.0800. The molecule has 0 aliphatic carbocycles. The number of hydrogen-bond donors (Lipinski definition) is 1. The van der Waals surface area contributed by atoms with Gasteiger partial charge in [-0.1, -0.05) is 27.7 Å². The molecule has 0 amide bonds. The first-order valence-electron chi connectivity index (χ1n) is 5.17. The highest BCUT2D eigenvalue weighted by Crippen LogP contribution is 2.22. The third-order valence-electron chi connectivity index (χ3n) is 2.88. The predicted octanol–water partition coefficient (Wildman–Crippen LogP) is 2.12. The maximum atomic E-state index is 9.50. The maximum Gasteiger partial charge on any atom is 0.0664 e. The smallest absolute Gasteiger partial charge is 0.0664 e. The van der Waals surface area contributed by atoms with E-state index in [1.165, 1.54) is 0 Å². The molecule has 0 spiro atoms. The van der Waals surface area contributed by atoms with E-state index < -0.39 is 0 Å². The zero-order valence-electron chi connectivity index (χ0n) is 9.96. The highest BCUT2D eigenvalue weighted by atomic mass is 16.3. The molecule has 0 radical (unpaired) electrons. The van der Waals surface area contributed by atoms with Crippen molar-refractivity contribution in [1.29, 1.82) is 0 Å². The van der Waals surface area contributed by atoms with Crippen LogP contribution in [0.15, 0.2) is 0 Å². The van der Waals surface area contributed by atoms with Crippen LogP contribution < -0.4 is 0 Å². The van der Waals surface area contributed by atoms with Gasteiger partial charge in [-0.2, -0.15) is 0 Å². The molecule has 2 atom stereocenters. The molecule has 0 rings (SSSR count). The number of rotatable bonds is 4. The van der Waals surface area contributed by atoms with E-state index in [4.69, 9.17) is 0 Å². The summed E-state index contributed by atoms with van der Waals surface area (Å²) in [6.45, 7) is 11.7. The van der Waals surface area contributed by atoms with Gasteiger partial charge in [-0.3, -0.25) is 0 Å². The minimum Gasteiger partial charge on any atom is -0.392 e. The zero-order chi connectivity index (χ0) is 10.6. The van der Waals surface area contributed by atoms with Crippen LogP contribution in [0, 0.1) is 5.41 Å². The molecule has 0 heterocycles. The lowest BCUT2D eigenvalue weighted by Gasteiger charge is -2.36. The van der Waals surface area contributed by atoms with Gasteiger partial charge in [0.15, 0.2) is 0 Å². The largest absolute Gasteiger partial charge is 0.392 e. The van der Waals surface area contributed by atoms with Crippen LogP contribution in [0.25, 0.3) is 0 Å². The van der Waals surface area contributed by atoms with Crippen LogP contribution in [0.4, 0.5) is 0 Å². The number of aliphatic hydroxyl groups is 1. The molecular formula is C11H25NO. The topological polar surface area (TPSA) is 23.5 Å². The molecule has 1 N–H and O–H groups in total. The van der Waals surface area contributed by atoms with E-state index in [1.54, 1.807) is 0 Å². The van der Waals surface area contributed by atoms with Gasteiger partial charge < -0.3 is 10.0 Å². The quantitative estimate of drug-likeness (QED) is 0.729. The fourth-order valence-corrected chi connectivity index (χ4v) is 1.28. The normalized spacial score (nSPS) is 17.5. The summed E-state index contributed by atoms with van der Waals surface area (Å²) < 4.78 is 0. The SMILES string of the molecule is CCC(O)CN(C)C(C)C(C)(C)C. The second-order valence-corrected chi connectivity index (χ2v) is 5.04. The van der Waals surface area contributed by atoms with Crippen molar-refractivity contribution in [2.75, 3.05) is 13.6 Å².